The minimum absolute atomic E-state index is 0.0545. The standard InChI is InChI=1S/C24H29NO5/c1-15-22(16-8-7-9-18(26-3)23(16)27-4)17-12-20-21(29-14-28-20)13-19(17)30-24(15,2)25-10-5-6-11-25/h7-9,12-13,15,22H,5-6,10-11,14H2,1-4H3/t15-,22-,24-/m1/s1. The number of fused-ring (bicyclic) bond motifs is 2. The van der Waals surface area contributed by atoms with Crippen molar-refractivity contribution in [1.82, 2.24) is 4.90 Å². The maximum atomic E-state index is 6.74. The van der Waals surface area contributed by atoms with E-state index in [0.717, 1.165) is 53.0 Å². The first-order valence-electron chi connectivity index (χ1n) is 10.7. The fourth-order valence-corrected chi connectivity index (χ4v) is 5.27. The number of methoxy groups -OCH3 is 2. The van der Waals surface area contributed by atoms with Crippen LogP contribution in [0.15, 0.2) is 30.3 Å². The van der Waals surface area contributed by atoms with Crippen LogP contribution in [0.3, 0.4) is 0 Å². The SMILES string of the molecule is COc1cccc([C@@H]2c3cc4c(cc3O[C@@](C)(N3CCCC3)[C@@H]2C)OCO4)c1OC. The fraction of sp³-hybridized carbons (Fsp3) is 0.500. The number of rotatable bonds is 4. The summed E-state index contributed by atoms with van der Waals surface area (Å²) in [4.78, 5) is 2.48. The van der Waals surface area contributed by atoms with Crippen molar-refractivity contribution in [3.05, 3.63) is 41.5 Å². The Kier molecular flexibility index (Phi) is 4.69. The summed E-state index contributed by atoms with van der Waals surface area (Å²) in [5.41, 5.74) is 1.75. The van der Waals surface area contributed by atoms with Gasteiger partial charge in [0, 0.05) is 42.1 Å². The predicted octanol–water partition coefficient (Wildman–Crippen LogP) is 4.40. The van der Waals surface area contributed by atoms with Gasteiger partial charge in [-0.2, -0.15) is 0 Å². The molecule has 2 aromatic carbocycles. The fourth-order valence-electron chi connectivity index (χ4n) is 5.27. The number of nitrogens with zero attached hydrogens (tertiary/aromatic N) is 1. The largest absolute Gasteiger partial charge is 0.493 e. The van der Waals surface area contributed by atoms with Gasteiger partial charge in [0.2, 0.25) is 6.79 Å². The van der Waals surface area contributed by atoms with Gasteiger partial charge in [-0.25, -0.2) is 0 Å². The molecule has 6 heteroatoms. The molecule has 6 nitrogen and oxygen atoms in total. The van der Waals surface area contributed by atoms with Crippen LogP contribution in [0.5, 0.6) is 28.7 Å². The second-order valence-corrected chi connectivity index (χ2v) is 8.44. The van der Waals surface area contributed by atoms with E-state index in [1.54, 1.807) is 14.2 Å². The Labute approximate surface area is 177 Å². The minimum atomic E-state index is -0.435. The lowest BCUT2D eigenvalue weighted by Gasteiger charge is -2.50. The van der Waals surface area contributed by atoms with E-state index in [4.69, 9.17) is 23.7 Å². The third kappa shape index (κ3) is 2.81. The normalized spacial score (nSPS) is 27.5. The molecule has 3 atom stereocenters. The quantitative estimate of drug-likeness (QED) is 0.743. The van der Waals surface area contributed by atoms with Gasteiger partial charge in [0.15, 0.2) is 28.7 Å². The molecule has 3 aliphatic heterocycles. The second kappa shape index (κ2) is 7.27. The average Bonchev–Trinajstić information content (AvgIpc) is 3.45. The van der Waals surface area contributed by atoms with E-state index in [0.29, 0.717) is 0 Å². The number of hydrogen-bond acceptors (Lipinski definition) is 6. The summed E-state index contributed by atoms with van der Waals surface area (Å²) < 4.78 is 29.5. The van der Waals surface area contributed by atoms with Gasteiger partial charge in [-0.05, 0) is 31.9 Å². The summed E-state index contributed by atoms with van der Waals surface area (Å²) in [7, 11) is 3.38. The van der Waals surface area contributed by atoms with E-state index < -0.39 is 5.72 Å². The molecule has 1 fully saturated rings. The third-order valence-electron chi connectivity index (χ3n) is 7.00. The Hall–Kier alpha value is -2.60. The first-order valence-corrected chi connectivity index (χ1v) is 10.7. The number of ether oxygens (including phenoxy) is 5. The lowest BCUT2D eigenvalue weighted by atomic mass is 9.73. The number of hydrogen-bond donors (Lipinski definition) is 0. The van der Waals surface area contributed by atoms with Gasteiger partial charge >= 0.3 is 0 Å². The van der Waals surface area contributed by atoms with Crippen molar-refractivity contribution in [1.29, 1.82) is 0 Å². The van der Waals surface area contributed by atoms with Gasteiger partial charge < -0.3 is 23.7 Å². The maximum Gasteiger partial charge on any atom is 0.231 e. The highest BCUT2D eigenvalue weighted by molar-refractivity contribution is 5.59. The molecule has 3 heterocycles. The molecule has 5 rings (SSSR count). The van der Waals surface area contributed by atoms with Gasteiger partial charge in [0.1, 0.15) is 5.75 Å². The number of benzene rings is 2. The minimum Gasteiger partial charge on any atom is -0.493 e. The molecule has 3 aliphatic rings. The van der Waals surface area contributed by atoms with Crippen LogP contribution in [-0.2, 0) is 0 Å². The van der Waals surface area contributed by atoms with Crippen LogP contribution in [0, 0.1) is 5.92 Å². The molecule has 160 valence electrons. The third-order valence-corrected chi connectivity index (χ3v) is 7.00. The molecule has 0 bridgehead atoms. The molecule has 0 saturated carbocycles. The topological polar surface area (TPSA) is 49.4 Å². The van der Waals surface area contributed by atoms with Gasteiger partial charge in [-0.15, -0.1) is 0 Å². The number of likely N-dealkylation sites (tertiary alicyclic amines) is 1. The number of para-hydroxylation sites is 1. The van der Waals surface area contributed by atoms with Gasteiger partial charge in [0.05, 0.1) is 14.2 Å². The smallest absolute Gasteiger partial charge is 0.231 e. The van der Waals surface area contributed by atoms with Crippen LogP contribution in [0.2, 0.25) is 0 Å². The van der Waals surface area contributed by atoms with E-state index in [1.165, 1.54) is 12.8 Å². The Morgan fingerprint density at radius 1 is 0.967 bits per heavy atom. The molecular formula is C24H29NO5. The van der Waals surface area contributed by atoms with E-state index in [2.05, 4.69) is 30.9 Å². The summed E-state index contributed by atoms with van der Waals surface area (Å²) in [5.74, 6) is 4.08. The molecule has 1 saturated heterocycles. The highest BCUT2D eigenvalue weighted by Gasteiger charge is 2.50. The second-order valence-electron chi connectivity index (χ2n) is 8.44. The Balaban J connectivity index is 1.71. The molecule has 0 aromatic heterocycles. The molecule has 0 unspecified atom stereocenters. The average molecular weight is 411 g/mol. The van der Waals surface area contributed by atoms with E-state index in [9.17, 15) is 0 Å². The summed E-state index contributed by atoms with van der Waals surface area (Å²) >= 11 is 0. The van der Waals surface area contributed by atoms with Gasteiger partial charge in [0.25, 0.3) is 0 Å². The highest BCUT2D eigenvalue weighted by Crippen LogP contribution is 2.55. The summed E-state index contributed by atoms with van der Waals surface area (Å²) in [6, 6.07) is 10.1. The van der Waals surface area contributed by atoms with Crippen LogP contribution >= 0.6 is 0 Å². The van der Waals surface area contributed by atoms with Crippen molar-refractivity contribution in [3.8, 4) is 28.7 Å². The van der Waals surface area contributed by atoms with Crippen LogP contribution < -0.4 is 23.7 Å². The molecule has 0 aliphatic carbocycles. The van der Waals surface area contributed by atoms with Crippen molar-refractivity contribution in [2.24, 2.45) is 5.92 Å². The summed E-state index contributed by atoms with van der Waals surface area (Å²) in [5, 5.41) is 0. The molecule has 2 aromatic rings. The van der Waals surface area contributed by atoms with Gasteiger partial charge in [-0.3, -0.25) is 4.90 Å². The van der Waals surface area contributed by atoms with Crippen LogP contribution in [0.4, 0.5) is 0 Å². The summed E-state index contributed by atoms with van der Waals surface area (Å²) in [6.45, 7) is 6.82. The lowest BCUT2D eigenvalue weighted by Crippen LogP contribution is -2.57. The Morgan fingerprint density at radius 2 is 1.70 bits per heavy atom. The van der Waals surface area contributed by atoms with E-state index in [-0.39, 0.29) is 18.6 Å². The molecule has 30 heavy (non-hydrogen) atoms. The van der Waals surface area contributed by atoms with Crippen LogP contribution in [-0.4, -0.2) is 44.7 Å². The van der Waals surface area contributed by atoms with Crippen LogP contribution in [0.1, 0.15) is 43.7 Å². The van der Waals surface area contributed by atoms with E-state index in [1.807, 2.05) is 18.2 Å². The zero-order valence-corrected chi connectivity index (χ0v) is 18.1. The molecule has 0 N–H and O–H groups in total. The summed E-state index contributed by atoms with van der Waals surface area (Å²) in [6.07, 6.45) is 2.40. The molecule has 0 spiro atoms. The Morgan fingerprint density at radius 3 is 2.40 bits per heavy atom. The van der Waals surface area contributed by atoms with Crippen molar-refractivity contribution in [2.75, 3.05) is 34.1 Å². The molecule has 0 amide bonds. The Bertz CT molecular complexity index is 955. The first kappa shape index (κ1) is 19.4. The monoisotopic (exact) mass is 411 g/mol. The first-order chi connectivity index (χ1) is 14.6. The van der Waals surface area contributed by atoms with E-state index >= 15 is 0 Å². The lowest BCUT2D eigenvalue weighted by molar-refractivity contribution is -0.114. The van der Waals surface area contributed by atoms with Gasteiger partial charge in [-0.1, -0.05) is 19.1 Å². The zero-order valence-electron chi connectivity index (χ0n) is 18.1. The maximum absolute atomic E-state index is 6.74. The van der Waals surface area contributed by atoms with Crippen LogP contribution in [0.25, 0.3) is 0 Å². The molecule has 0 radical (unpaired) electrons. The van der Waals surface area contributed by atoms with Crippen molar-refractivity contribution < 1.29 is 23.7 Å². The van der Waals surface area contributed by atoms with Crippen molar-refractivity contribution in [2.45, 2.75) is 38.3 Å². The highest BCUT2D eigenvalue weighted by atomic mass is 16.7. The predicted molar refractivity (Wildman–Crippen MR) is 113 cm³/mol. The zero-order chi connectivity index (χ0) is 20.9. The molecular weight excluding hydrogens is 382 g/mol. The van der Waals surface area contributed by atoms with Crippen molar-refractivity contribution in [3.63, 3.8) is 0 Å². The van der Waals surface area contributed by atoms with Crippen molar-refractivity contribution >= 4 is 0 Å².